The number of benzene rings is 1. The fourth-order valence-corrected chi connectivity index (χ4v) is 1.21. The largest absolute Gasteiger partial charge is 0.347 e. The maximum absolute atomic E-state index is 13.2. The van der Waals surface area contributed by atoms with Crippen molar-refractivity contribution in [2.45, 2.75) is 0 Å². The highest BCUT2D eigenvalue weighted by atomic mass is 79.9. The van der Waals surface area contributed by atoms with Crippen molar-refractivity contribution < 1.29 is 26.7 Å². The van der Waals surface area contributed by atoms with Crippen LogP contribution in [-0.4, -0.2) is 12.5 Å². The van der Waals surface area contributed by atoms with Crippen molar-refractivity contribution in [1.82, 2.24) is 5.32 Å². The maximum atomic E-state index is 13.2. The molecule has 0 radical (unpaired) electrons. The zero-order valence-electron chi connectivity index (χ0n) is 8.59. The fraction of sp³-hybridized carbons (Fsp3) is 0.100. The fourth-order valence-electron chi connectivity index (χ4n) is 1.07. The lowest BCUT2D eigenvalue weighted by atomic mass is 10.1. The zero-order chi connectivity index (χ0) is 14.0. The molecule has 0 saturated heterocycles. The normalized spacial score (nSPS) is 10.3. The van der Waals surface area contributed by atoms with Crippen LogP contribution in [0.3, 0.4) is 0 Å². The minimum absolute atomic E-state index is 0.224. The average molecular weight is 330 g/mol. The second-order valence-electron chi connectivity index (χ2n) is 3.14. The second kappa shape index (κ2) is 5.47. The van der Waals surface area contributed by atoms with Gasteiger partial charge in [0.2, 0.25) is 5.82 Å². The molecular weight excluding hydrogens is 325 g/mol. The lowest BCUT2D eigenvalue weighted by molar-refractivity contribution is 0.0946. The van der Waals surface area contributed by atoms with E-state index in [1.807, 2.05) is 5.32 Å². The molecule has 1 aromatic carbocycles. The Morgan fingerprint density at radius 2 is 1.39 bits per heavy atom. The molecule has 0 saturated carbocycles. The molecule has 8 heteroatoms. The van der Waals surface area contributed by atoms with Gasteiger partial charge in [-0.05, 0) is 0 Å². The summed E-state index contributed by atoms with van der Waals surface area (Å²) in [6.45, 7) is 3.10. The van der Waals surface area contributed by atoms with Gasteiger partial charge in [0.1, 0.15) is 5.56 Å². The Kier molecular flexibility index (Phi) is 4.44. The van der Waals surface area contributed by atoms with Gasteiger partial charge in [-0.3, -0.25) is 4.79 Å². The quantitative estimate of drug-likeness (QED) is 0.515. The zero-order valence-corrected chi connectivity index (χ0v) is 10.2. The molecule has 1 aromatic rings. The van der Waals surface area contributed by atoms with Crippen molar-refractivity contribution in [3.05, 3.63) is 45.7 Å². The van der Waals surface area contributed by atoms with E-state index in [1.54, 1.807) is 0 Å². The van der Waals surface area contributed by atoms with E-state index in [4.69, 9.17) is 0 Å². The summed E-state index contributed by atoms with van der Waals surface area (Å²) in [5.74, 6) is -12.4. The Balaban J connectivity index is 3.24. The van der Waals surface area contributed by atoms with Gasteiger partial charge in [0.25, 0.3) is 5.91 Å². The minimum atomic E-state index is -2.31. The summed E-state index contributed by atoms with van der Waals surface area (Å²) in [5, 5.41) is 1.93. The Morgan fingerprint density at radius 1 is 1.00 bits per heavy atom. The second-order valence-corrected chi connectivity index (χ2v) is 4.27. The molecule has 1 rings (SSSR count). The van der Waals surface area contributed by atoms with E-state index < -0.39 is 40.6 Å². The molecule has 0 atom stereocenters. The number of hydrogen-bond acceptors (Lipinski definition) is 1. The van der Waals surface area contributed by atoms with Crippen LogP contribution in [0.1, 0.15) is 10.4 Å². The molecule has 98 valence electrons. The van der Waals surface area contributed by atoms with E-state index in [-0.39, 0.29) is 11.0 Å². The Bertz CT molecular complexity index is 502. The standard InChI is InChI=1S/C10H5BrF5NO/c1-3(11)2-17-10(18)4-5(12)7(14)9(16)8(15)6(4)13/h1-2H2,(H,17,18). The van der Waals surface area contributed by atoms with Crippen LogP contribution in [0.4, 0.5) is 22.0 Å². The lowest BCUT2D eigenvalue weighted by Crippen LogP contribution is -2.27. The van der Waals surface area contributed by atoms with Crippen molar-refractivity contribution in [2.24, 2.45) is 0 Å². The van der Waals surface area contributed by atoms with E-state index in [0.29, 0.717) is 0 Å². The number of carbonyl (C=O) groups is 1. The topological polar surface area (TPSA) is 29.1 Å². The van der Waals surface area contributed by atoms with Gasteiger partial charge in [0, 0.05) is 11.0 Å². The molecule has 0 aliphatic carbocycles. The first-order valence-electron chi connectivity index (χ1n) is 4.40. The summed E-state index contributed by atoms with van der Waals surface area (Å²) in [4.78, 5) is 11.3. The van der Waals surface area contributed by atoms with Crippen LogP contribution in [0.2, 0.25) is 0 Å². The number of rotatable bonds is 3. The summed E-state index contributed by atoms with van der Waals surface area (Å²) in [6.07, 6.45) is 0. The van der Waals surface area contributed by atoms with E-state index in [0.717, 1.165) is 0 Å². The van der Waals surface area contributed by atoms with Crippen LogP contribution in [0.5, 0.6) is 0 Å². The Labute approximate surface area is 107 Å². The van der Waals surface area contributed by atoms with E-state index >= 15 is 0 Å². The van der Waals surface area contributed by atoms with Crippen LogP contribution in [0, 0.1) is 29.1 Å². The van der Waals surface area contributed by atoms with Gasteiger partial charge in [-0.15, -0.1) is 0 Å². The SMILES string of the molecule is C=C(Br)CNC(=O)c1c(F)c(F)c(F)c(F)c1F. The molecule has 0 spiro atoms. The van der Waals surface area contributed by atoms with Crippen LogP contribution in [0.15, 0.2) is 11.1 Å². The first-order chi connectivity index (χ1) is 8.27. The maximum Gasteiger partial charge on any atom is 0.257 e. The van der Waals surface area contributed by atoms with Crippen molar-refractivity contribution in [2.75, 3.05) is 6.54 Å². The van der Waals surface area contributed by atoms with Gasteiger partial charge in [-0.25, -0.2) is 22.0 Å². The number of hydrogen-bond donors (Lipinski definition) is 1. The van der Waals surface area contributed by atoms with Gasteiger partial charge in [-0.1, -0.05) is 22.5 Å². The molecule has 1 amide bonds. The van der Waals surface area contributed by atoms with E-state index in [2.05, 4.69) is 22.5 Å². The first-order valence-corrected chi connectivity index (χ1v) is 5.19. The Hall–Kier alpha value is -1.44. The third-order valence-electron chi connectivity index (χ3n) is 1.88. The molecule has 2 nitrogen and oxygen atoms in total. The van der Waals surface area contributed by atoms with Crippen LogP contribution < -0.4 is 5.32 Å². The molecule has 0 unspecified atom stereocenters. The predicted molar refractivity (Wildman–Crippen MR) is 56.6 cm³/mol. The van der Waals surface area contributed by atoms with Gasteiger partial charge < -0.3 is 5.32 Å². The van der Waals surface area contributed by atoms with Crippen LogP contribution in [-0.2, 0) is 0 Å². The van der Waals surface area contributed by atoms with Crippen molar-refractivity contribution >= 4 is 21.8 Å². The summed E-state index contributed by atoms with van der Waals surface area (Å²) >= 11 is 2.85. The molecule has 0 aliphatic rings. The average Bonchev–Trinajstić information content (AvgIpc) is 2.31. The third-order valence-corrected chi connectivity index (χ3v) is 2.16. The monoisotopic (exact) mass is 329 g/mol. The van der Waals surface area contributed by atoms with Crippen molar-refractivity contribution in [3.8, 4) is 0 Å². The van der Waals surface area contributed by atoms with Gasteiger partial charge >= 0.3 is 0 Å². The van der Waals surface area contributed by atoms with Gasteiger partial charge in [-0.2, -0.15) is 0 Å². The smallest absolute Gasteiger partial charge is 0.257 e. The molecule has 0 bridgehead atoms. The number of carbonyl (C=O) groups excluding carboxylic acids is 1. The van der Waals surface area contributed by atoms with E-state index in [9.17, 15) is 26.7 Å². The summed E-state index contributed by atoms with van der Waals surface area (Å²) in [5.41, 5.74) is -1.53. The number of amides is 1. The highest BCUT2D eigenvalue weighted by Crippen LogP contribution is 2.22. The molecule has 0 aromatic heterocycles. The molecule has 0 aliphatic heterocycles. The predicted octanol–water partition coefficient (Wildman–Crippen LogP) is 3.02. The van der Waals surface area contributed by atoms with E-state index in [1.165, 1.54) is 0 Å². The molecule has 0 fully saturated rings. The third kappa shape index (κ3) is 2.69. The van der Waals surface area contributed by atoms with Crippen LogP contribution >= 0.6 is 15.9 Å². The van der Waals surface area contributed by atoms with Gasteiger partial charge in [0.05, 0.1) is 0 Å². The summed E-state index contributed by atoms with van der Waals surface area (Å²) < 4.78 is 64.9. The number of nitrogens with one attached hydrogen (secondary N) is 1. The Morgan fingerprint density at radius 3 is 1.78 bits per heavy atom. The van der Waals surface area contributed by atoms with Gasteiger partial charge in [0.15, 0.2) is 23.3 Å². The molecular formula is C10H5BrF5NO. The first kappa shape index (κ1) is 14.6. The number of halogens is 6. The van der Waals surface area contributed by atoms with Crippen molar-refractivity contribution in [1.29, 1.82) is 0 Å². The summed E-state index contributed by atoms with van der Waals surface area (Å²) in [6, 6.07) is 0. The molecule has 0 heterocycles. The highest BCUT2D eigenvalue weighted by Gasteiger charge is 2.29. The molecule has 1 N–H and O–H groups in total. The lowest BCUT2D eigenvalue weighted by Gasteiger charge is -2.08. The van der Waals surface area contributed by atoms with Crippen LogP contribution in [0.25, 0.3) is 0 Å². The van der Waals surface area contributed by atoms with Crippen molar-refractivity contribution in [3.63, 3.8) is 0 Å². The highest BCUT2D eigenvalue weighted by molar-refractivity contribution is 9.11. The summed E-state index contributed by atoms with van der Waals surface area (Å²) in [7, 11) is 0. The minimum Gasteiger partial charge on any atom is -0.347 e. The molecule has 18 heavy (non-hydrogen) atoms.